The lowest BCUT2D eigenvalue weighted by atomic mass is 10.0. The van der Waals surface area contributed by atoms with E-state index in [-0.39, 0.29) is 24.0 Å². The molecule has 0 radical (unpaired) electrons. The van der Waals surface area contributed by atoms with Gasteiger partial charge in [-0.25, -0.2) is 18.9 Å². The molecule has 8 nitrogen and oxygen atoms in total. The fourth-order valence-electron chi connectivity index (χ4n) is 3.93. The molecule has 9 heteroatoms. The van der Waals surface area contributed by atoms with Gasteiger partial charge in [0, 0.05) is 18.2 Å². The topological polar surface area (TPSA) is 86.5 Å². The fraction of sp³-hybridized carbons (Fsp3) is 0.333. The second-order valence-electron chi connectivity index (χ2n) is 7.65. The van der Waals surface area contributed by atoms with E-state index >= 15 is 0 Å². The van der Waals surface area contributed by atoms with Crippen LogP contribution in [-0.4, -0.2) is 57.8 Å². The Morgan fingerprint density at radius 1 is 1.15 bits per heavy atom. The molecule has 2 aromatic heterocycles. The molecule has 0 bridgehead atoms. The van der Waals surface area contributed by atoms with E-state index in [1.165, 1.54) is 24.1 Å². The first kappa shape index (κ1) is 22.4. The number of benzene rings is 1. The van der Waals surface area contributed by atoms with Gasteiger partial charge in [0.05, 0.1) is 31.3 Å². The maximum Gasteiger partial charge on any atom is 0.328 e. The van der Waals surface area contributed by atoms with Crippen molar-refractivity contribution in [3.8, 4) is 22.8 Å². The van der Waals surface area contributed by atoms with Crippen molar-refractivity contribution < 1.29 is 23.5 Å². The predicted molar refractivity (Wildman–Crippen MR) is 119 cm³/mol. The van der Waals surface area contributed by atoms with Crippen molar-refractivity contribution in [1.29, 1.82) is 0 Å². The Bertz CT molecular complexity index is 1130. The van der Waals surface area contributed by atoms with Crippen LogP contribution in [0, 0.1) is 5.82 Å². The summed E-state index contributed by atoms with van der Waals surface area (Å²) >= 11 is 0. The van der Waals surface area contributed by atoms with Gasteiger partial charge in [0.25, 0.3) is 5.91 Å². The zero-order valence-corrected chi connectivity index (χ0v) is 18.5. The molecule has 1 saturated heterocycles. The van der Waals surface area contributed by atoms with Crippen LogP contribution in [0.15, 0.2) is 48.7 Å². The summed E-state index contributed by atoms with van der Waals surface area (Å²) < 4.78 is 25.4. The highest BCUT2D eigenvalue weighted by Gasteiger charge is 2.35. The minimum Gasteiger partial charge on any atom is -0.481 e. The summed E-state index contributed by atoms with van der Waals surface area (Å²) in [5.41, 5.74) is 2.06. The summed E-state index contributed by atoms with van der Waals surface area (Å²) in [6.07, 6.45) is 3.78. The van der Waals surface area contributed by atoms with Gasteiger partial charge in [0.2, 0.25) is 5.88 Å². The molecule has 0 spiro atoms. The van der Waals surface area contributed by atoms with Gasteiger partial charge in [-0.2, -0.15) is 5.10 Å². The molecule has 1 unspecified atom stereocenters. The van der Waals surface area contributed by atoms with Gasteiger partial charge in [0.15, 0.2) is 5.69 Å². The molecule has 1 amide bonds. The van der Waals surface area contributed by atoms with E-state index in [4.69, 9.17) is 9.47 Å². The highest BCUT2D eigenvalue weighted by molar-refractivity contribution is 5.96. The molecule has 1 atom stereocenters. The summed E-state index contributed by atoms with van der Waals surface area (Å²) in [7, 11) is 1.52. The van der Waals surface area contributed by atoms with Gasteiger partial charge < -0.3 is 14.4 Å². The monoisotopic (exact) mass is 452 g/mol. The van der Waals surface area contributed by atoms with Crippen molar-refractivity contribution >= 4 is 11.9 Å². The normalized spacial score (nSPS) is 15.8. The average Bonchev–Trinajstić information content (AvgIpc) is 3.29. The van der Waals surface area contributed by atoms with Crippen molar-refractivity contribution in [2.24, 2.45) is 0 Å². The smallest absolute Gasteiger partial charge is 0.328 e. The Hall–Kier alpha value is -3.75. The molecule has 0 saturated carbocycles. The van der Waals surface area contributed by atoms with Crippen LogP contribution in [-0.2, 0) is 9.53 Å². The van der Waals surface area contributed by atoms with Crippen molar-refractivity contribution in [2.45, 2.75) is 32.2 Å². The van der Waals surface area contributed by atoms with Gasteiger partial charge in [0.1, 0.15) is 11.9 Å². The number of pyridine rings is 1. The van der Waals surface area contributed by atoms with Gasteiger partial charge in [-0.15, -0.1) is 0 Å². The third-order valence-electron chi connectivity index (χ3n) is 5.57. The number of nitrogens with zero attached hydrogens (tertiary/aromatic N) is 4. The van der Waals surface area contributed by atoms with Crippen molar-refractivity contribution in [3.63, 3.8) is 0 Å². The number of amides is 1. The fourth-order valence-corrected chi connectivity index (χ4v) is 3.93. The quantitative estimate of drug-likeness (QED) is 0.531. The SMILES string of the molecule is CCOC(=O)C1CCCCN1C(=O)c1cc(-c2ccc(F)cc2)n(-c2ccc(OC)nc2)n1. The number of methoxy groups -OCH3 is 1. The van der Waals surface area contributed by atoms with Gasteiger partial charge >= 0.3 is 5.97 Å². The van der Waals surface area contributed by atoms with Gasteiger partial charge in [-0.05, 0) is 62.6 Å². The summed E-state index contributed by atoms with van der Waals surface area (Å²) in [5, 5.41) is 4.55. The molecular weight excluding hydrogens is 427 g/mol. The van der Waals surface area contributed by atoms with E-state index < -0.39 is 12.0 Å². The Morgan fingerprint density at radius 3 is 2.61 bits per heavy atom. The number of aromatic nitrogens is 3. The molecule has 172 valence electrons. The summed E-state index contributed by atoms with van der Waals surface area (Å²) in [6, 6.07) is 10.4. The molecule has 1 aliphatic heterocycles. The largest absolute Gasteiger partial charge is 0.481 e. The molecule has 1 fully saturated rings. The van der Waals surface area contributed by atoms with Crippen LogP contribution in [0.3, 0.4) is 0 Å². The summed E-state index contributed by atoms with van der Waals surface area (Å²) in [6.45, 7) is 2.45. The molecule has 3 heterocycles. The van der Waals surface area contributed by atoms with Crippen LogP contribution < -0.4 is 4.74 Å². The molecule has 1 aromatic carbocycles. The Kier molecular flexibility index (Phi) is 6.67. The molecule has 0 aliphatic carbocycles. The van der Waals surface area contributed by atoms with Crippen LogP contribution >= 0.6 is 0 Å². The van der Waals surface area contributed by atoms with E-state index in [9.17, 15) is 14.0 Å². The highest BCUT2D eigenvalue weighted by atomic mass is 19.1. The lowest BCUT2D eigenvalue weighted by Gasteiger charge is -2.33. The zero-order valence-electron chi connectivity index (χ0n) is 18.5. The number of ether oxygens (including phenoxy) is 2. The average molecular weight is 452 g/mol. The lowest BCUT2D eigenvalue weighted by molar-refractivity contribution is -0.149. The second-order valence-corrected chi connectivity index (χ2v) is 7.65. The minimum absolute atomic E-state index is 0.182. The number of hydrogen-bond acceptors (Lipinski definition) is 6. The highest BCUT2D eigenvalue weighted by Crippen LogP contribution is 2.27. The van der Waals surface area contributed by atoms with Crippen LogP contribution in [0.2, 0.25) is 0 Å². The number of carbonyl (C=O) groups is 2. The van der Waals surface area contributed by atoms with Crippen LogP contribution in [0.4, 0.5) is 4.39 Å². The molecule has 0 N–H and O–H groups in total. The maximum atomic E-state index is 13.5. The number of rotatable bonds is 6. The van der Waals surface area contributed by atoms with Crippen LogP contribution in [0.5, 0.6) is 5.88 Å². The predicted octanol–water partition coefficient (Wildman–Crippen LogP) is 3.64. The third kappa shape index (κ3) is 4.72. The van der Waals surface area contributed by atoms with E-state index in [1.807, 2.05) is 0 Å². The Morgan fingerprint density at radius 2 is 1.94 bits per heavy atom. The van der Waals surface area contributed by atoms with Crippen molar-refractivity contribution in [1.82, 2.24) is 19.7 Å². The first-order valence-electron chi connectivity index (χ1n) is 10.9. The number of carbonyl (C=O) groups excluding carboxylic acids is 2. The summed E-state index contributed by atoms with van der Waals surface area (Å²) in [5.74, 6) is -0.673. The molecular formula is C24H25FN4O4. The van der Waals surface area contributed by atoms with E-state index in [0.717, 1.165) is 12.8 Å². The number of likely N-dealkylation sites (tertiary alicyclic amines) is 1. The van der Waals surface area contributed by atoms with Gasteiger partial charge in [-0.3, -0.25) is 4.79 Å². The van der Waals surface area contributed by atoms with E-state index in [1.54, 1.807) is 48.1 Å². The standard InChI is InChI=1S/C24H25FN4O4/c1-3-33-24(31)20-6-4-5-13-28(20)23(30)19-14-21(16-7-9-17(25)10-8-16)29(27-19)18-11-12-22(32-2)26-15-18/h7-12,14-15,20H,3-6,13H2,1-2H3. The lowest BCUT2D eigenvalue weighted by Crippen LogP contribution is -2.48. The first-order chi connectivity index (χ1) is 16.0. The third-order valence-corrected chi connectivity index (χ3v) is 5.57. The van der Waals surface area contributed by atoms with Crippen molar-refractivity contribution in [2.75, 3.05) is 20.3 Å². The Labute approximate surface area is 190 Å². The molecule has 3 aromatic rings. The van der Waals surface area contributed by atoms with E-state index in [2.05, 4.69) is 10.1 Å². The number of piperidine rings is 1. The van der Waals surface area contributed by atoms with Crippen LogP contribution in [0.25, 0.3) is 16.9 Å². The van der Waals surface area contributed by atoms with Gasteiger partial charge in [-0.1, -0.05) is 0 Å². The minimum atomic E-state index is -0.631. The van der Waals surface area contributed by atoms with E-state index in [0.29, 0.717) is 35.8 Å². The number of hydrogen-bond donors (Lipinski definition) is 0. The molecule has 33 heavy (non-hydrogen) atoms. The number of esters is 1. The first-order valence-corrected chi connectivity index (χ1v) is 10.9. The Balaban J connectivity index is 1.74. The maximum absolute atomic E-state index is 13.5. The summed E-state index contributed by atoms with van der Waals surface area (Å²) in [4.78, 5) is 31.7. The van der Waals surface area contributed by atoms with Crippen LogP contribution in [0.1, 0.15) is 36.7 Å². The van der Waals surface area contributed by atoms with Crippen molar-refractivity contribution in [3.05, 3.63) is 60.2 Å². The molecule has 4 rings (SSSR count). The number of halogens is 1. The zero-order chi connectivity index (χ0) is 23.4. The molecule has 1 aliphatic rings. The second kappa shape index (κ2) is 9.81.